The zero-order valence-electron chi connectivity index (χ0n) is 15.8. The number of hydrogen-bond acceptors (Lipinski definition) is 6. The molecule has 29 heavy (non-hydrogen) atoms. The van der Waals surface area contributed by atoms with Gasteiger partial charge in [-0.15, -0.1) is 0 Å². The highest BCUT2D eigenvalue weighted by atomic mass is 32.2. The Morgan fingerprint density at radius 3 is 2.72 bits per heavy atom. The van der Waals surface area contributed by atoms with Crippen molar-refractivity contribution in [1.82, 2.24) is 4.90 Å². The van der Waals surface area contributed by atoms with Crippen LogP contribution in [0, 0.1) is 0 Å². The van der Waals surface area contributed by atoms with Gasteiger partial charge in [0.25, 0.3) is 0 Å². The number of para-hydroxylation sites is 2. The van der Waals surface area contributed by atoms with Gasteiger partial charge in [-0.25, -0.2) is 9.79 Å². The van der Waals surface area contributed by atoms with Crippen molar-refractivity contribution in [2.24, 2.45) is 4.99 Å². The number of hydrogen-bond donors (Lipinski definition) is 2. The number of benzene rings is 2. The van der Waals surface area contributed by atoms with Gasteiger partial charge in [-0.05, 0) is 30.3 Å². The molecule has 0 saturated carbocycles. The maximum absolute atomic E-state index is 12.7. The van der Waals surface area contributed by atoms with E-state index in [2.05, 4.69) is 10.3 Å². The van der Waals surface area contributed by atoms with Crippen molar-refractivity contribution in [2.45, 2.75) is 11.7 Å². The van der Waals surface area contributed by atoms with Crippen LogP contribution < -0.4 is 10.1 Å². The minimum absolute atomic E-state index is 0.0105. The van der Waals surface area contributed by atoms with Gasteiger partial charge >= 0.3 is 5.97 Å². The normalized spacial score (nSPS) is 17.9. The summed E-state index contributed by atoms with van der Waals surface area (Å²) in [6.07, 6.45) is 0.0105. The van der Waals surface area contributed by atoms with E-state index in [0.29, 0.717) is 22.3 Å². The third kappa shape index (κ3) is 4.75. The van der Waals surface area contributed by atoms with Crippen LogP contribution in [0.4, 0.5) is 11.4 Å². The minimum atomic E-state index is -1.09. The lowest BCUT2D eigenvalue weighted by Crippen LogP contribution is -2.43. The van der Waals surface area contributed by atoms with Crippen LogP contribution in [-0.4, -0.2) is 52.4 Å². The molecule has 1 saturated heterocycles. The number of methoxy groups -OCH3 is 1. The van der Waals surface area contributed by atoms with E-state index in [0.717, 1.165) is 0 Å². The fourth-order valence-electron chi connectivity index (χ4n) is 2.68. The van der Waals surface area contributed by atoms with Crippen LogP contribution in [0.3, 0.4) is 0 Å². The van der Waals surface area contributed by atoms with Crippen LogP contribution in [0.15, 0.2) is 53.5 Å². The molecule has 2 aromatic rings. The van der Waals surface area contributed by atoms with Crippen molar-refractivity contribution in [2.75, 3.05) is 19.5 Å². The fourth-order valence-corrected chi connectivity index (χ4v) is 3.73. The highest BCUT2D eigenvalue weighted by Crippen LogP contribution is 2.32. The molecule has 0 spiro atoms. The van der Waals surface area contributed by atoms with E-state index >= 15 is 0 Å². The van der Waals surface area contributed by atoms with E-state index in [1.54, 1.807) is 37.4 Å². The van der Waals surface area contributed by atoms with Crippen LogP contribution in [0.5, 0.6) is 5.75 Å². The van der Waals surface area contributed by atoms with Crippen LogP contribution in [0.2, 0.25) is 0 Å². The summed E-state index contributed by atoms with van der Waals surface area (Å²) in [5.41, 5.74) is 0.964. The third-order valence-corrected chi connectivity index (χ3v) is 5.48. The first-order valence-electron chi connectivity index (χ1n) is 8.68. The summed E-state index contributed by atoms with van der Waals surface area (Å²) in [5.74, 6) is -1.17. The van der Waals surface area contributed by atoms with Crippen molar-refractivity contribution in [1.29, 1.82) is 0 Å². The van der Waals surface area contributed by atoms with Crippen LogP contribution in [0.1, 0.15) is 16.8 Å². The molecule has 0 aromatic heterocycles. The highest BCUT2D eigenvalue weighted by molar-refractivity contribution is 8.15. The second-order valence-corrected chi connectivity index (χ2v) is 7.37. The molecule has 150 valence electrons. The minimum Gasteiger partial charge on any atom is -0.494 e. The third-order valence-electron chi connectivity index (χ3n) is 4.24. The van der Waals surface area contributed by atoms with Gasteiger partial charge in [-0.1, -0.05) is 30.0 Å². The van der Waals surface area contributed by atoms with Gasteiger partial charge in [-0.2, -0.15) is 0 Å². The van der Waals surface area contributed by atoms with Crippen LogP contribution >= 0.6 is 11.8 Å². The zero-order valence-corrected chi connectivity index (χ0v) is 16.6. The number of nitrogens with one attached hydrogen (secondary N) is 1. The van der Waals surface area contributed by atoms with Crippen molar-refractivity contribution in [3.8, 4) is 5.75 Å². The number of nitrogens with zero attached hydrogens (tertiary/aromatic N) is 2. The molecule has 1 aliphatic rings. The Bertz CT molecular complexity index is 992. The van der Waals surface area contributed by atoms with Gasteiger partial charge in [0.05, 0.1) is 12.7 Å². The smallest absolute Gasteiger partial charge is 0.335 e. The second-order valence-electron chi connectivity index (χ2n) is 6.20. The number of rotatable bonds is 5. The van der Waals surface area contributed by atoms with Crippen molar-refractivity contribution in [3.63, 3.8) is 0 Å². The molecule has 2 aromatic carbocycles. The Hall–Kier alpha value is -3.33. The van der Waals surface area contributed by atoms with E-state index < -0.39 is 17.1 Å². The lowest BCUT2D eigenvalue weighted by atomic mass is 10.2. The first-order valence-corrected chi connectivity index (χ1v) is 9.56. The molecule has 9 heteroatoms. The molecular formula is C20H19N3O5S. The molecule has 1 unspecified atom stereocenters. The summed E-state index contributed by atoms with van der Waals surface area (Å²) >= 11 is 1.17. The molecule has 3 rings (SSSR count). The van der Waals surface area contributed by atoms with E-state index in [4.69, 9.17) is 9.84 Å². The Kier molecular flexibility index (Phi) is 6.18. The number of carbonyl (C=O) groups is 3. The molecule has 0 aliphatic carbocycles. The molecule has 1 fully saturated rings. The summed E-state index contributed by atoms with van der Waals surface area (Å²) in [6.45, 7) is 0. The van der Waals surface area contributed by atoms with Crippen molar-refractivity contribution < 1.29 is 24.2 Å². The molecule has 0 bridgehead atoms. The number of carboxylic acid groups (broad SMARTS) is 1. The average molecular weight is 413 g/mol. The van der Waals surface area contributed by atoms with E-state index in [1.165, 1.54) is 35.9 Å². The SMILES string of the molecule is COc1ccccc1N=C1SC(C(=O)Nc2cccc(C(=O)O)c2)CC(=O)N1C. The topological polar surface area (TPSA) is 108 Å². The Labute approximate surface area is 171 Å². The van der Waals surface area contributed by atoms with E-state index in [9.17, 15) is 14.4 Å². The number of amides is 2. The van der Waals surface area contributed by atoms with Crippen LogP contribution in [-0.2, 0) is 9.59 Å². The molecule has 1 aliphatic heterocycles. The first kappa shape index (κ1) is 20.4. The molecule has 0 radical (unpaired) electrons. The number of amidine groups is 1. The number of carboxylic acids is 1. The Morgan fingerprint density at radius 2 is 2.00 bits per heavy atom. The van der Waals surface area contributed by atoms with Gasteiger partial charge in [0, 0.05) is 19.2 Å². The molecule has 2 amide bonds. The number of carbonyl (C=O) groups excluding carboxylic acids is 2. The number of aliphatic imine (C=N–C) groups is 1. The summed E-state index contributed by atoms with van der Waals surface area (Å²) in [7, 11) is 3.14. The first-order chi connectivity index (χ1) is 13.9. The number of aromatic carboxylic acids is 1. The average Bonchev–Trinajstić information content (AvgIpc) is 2.71. The fraction of sp³-hybridized carbons (Fsp3) is 0.200. The lowest BCUT2D eigenvalue weighted by Gasteiger charge is -2.29. The standard InChI is InChI=1S/C20H19N3O5S/c1-23-17(24)11-16(18(25)21-13-7-5-6-12(10-13)19(26)27)29-20(23)22-14-8-3-4-9-15(14)28-2/h3-10,16H,11H2,1-2H3,(H,21,25)(H,26,27). The second kappa shape index (κ2) is 8.78. The molecule has 2 N–H and O–H groups in total. The number of ether oxygens (including phenoxy) is 1. The van der Waals surface area contributed by atoms with E-state index in [1.807, 2.05) is 6.07 Å². The largest absolute Gasteiger partial charge is 0.494 e. The van der Waals surface area contributed by atoms with Crippen molar-refractivity contribution in [3.05, 3.63) is 54.1 Å². The monoisotopic (exact) mass is 413 g/mol. The summed E-state index contributed by atoms with van der Waals surface area (Å²) in [4.78, 5) is 42.1. The predicted molar refractivity (Wildman–Crippen MR) is 111 cm³/mol. The summed E-state index contributed by atoms with van der Waals surface area (Å²) < 4.78 is 5.29. The lowest BCUT2D eigenvalue weighted by molar-refractivity contribution is -0.128. The molecule has 8 nitrogen and oxygen atoms in total. The maximum atomic E-state index is 12.7. The Balaban J connectivity index is 1.81. The van der Waals surface area contributed by atoms with Crippen molar-refractivity contribution >= 4 is 46.1 Å². The molecular weight excluding hydrogens is 394 g/mol. The summed E-state index contributed by atoms with van der Waals surface area (Å²) in [6, 6.07) is 13.1. The van der Waals surface area contributed by atoms with Crippen LogP contribution in [0.25, 0.3) is 0 Å². The quantitative estimate of drug-likeness (QED) is 0.780. The highest BCUT2D eigenvalue weighted by Gasteiger charge is 2.34. The molecule has 1 heterocycles. The van der Waals surface area contributed by atoms with Gasteiger partial charge in [0.2, 0.25) is 11.8 Å². The van der Waals surface area contributed by atoms with Gasteiger partial charge in [0.1, 0.15) is 16.7 Å². The zero-order chi connectivity index (χ0) is 21.0. The number of anilines is 1. The molecule has 1 atom stereocenters. The van der Waals surface area contributed by atoms with E-state index in [-0.39, 0.29) is 17.9 Å². The Morgan fingerprint density at radius 1 is 1.24 bits per heavy atom. The predicted octanol–water partition coefficient (Wildman–Crippen LogP) is 2.98. The maximum Gasteiger partial charge on any atom is 0.335 e. The van der Waals surface area contributed by atoms with Gasteiger partial charge in [0.15, 0.2) is 5.17 Å². The van der Waals surface area contributed by atoms with Gasteiger partial charge < -0.3 is 15.2 Å². The summed E-state index contributed by atoms with van der Waals surface area (Å²) in [5, 5.41) is 11.4. The number of thioether (sulfide) groups is 1. The van der Waals surface area contributed by atoms with Gasteiger partial charge in [-0.3, -0.25) is 14.5 Å².